The van der Waals surface area contributed by atoms with Crippen molar-refractivity contribution >= 4 is 29.3 Å². The molecule has 28 heavy (non-hydrogen) atoms. The highest BCUT2D eigenvalue weighted by atomic mass is 16.6. The first-order chi connectivity index (χ1) is 13.4. The first-order valence-electron chi connectivity index (χ1n) is 8.91. The molecule has 2 atom stereocenters. The van der Waals surface area contributed by atoms with E-state index in [1.807, 2.05) is 31.2 Å². The minimum Gasteiger partial charge on any atom is -0.449 e. The number of hydrogen-bond acceptors (Lipinski definition) is 5. The third kappa shape index (κ3) is 3.93. The Morgan fingerprint density at radius 2 is 1.89 bits per heavy atom. The van der Waals surface area contributed by atoms with Gasteiger partial charge in [0.2, 0.25) is 0 Å². The molecule has 1 aliphatic rings. The van der Waals surface area contributed by atoms with E-state index in [-0.39, 0.29) is 23.2 Å². The average Bonchev–Trinajstić information content (AvgIpc) is 3.01. The van der Waals surface area contributed by atoms with E-state index in [1.54, 1.807) is 17.0 Å². The van der Waals surface area contributed by atoms with Crippen molar-refractivity contribution in [3.05, 3.63) is 75.8 Å². The standard InChI is InChI=1S/C21H20N2O5/c1-14-13-17-8-4-5-9-18(17)22(14)21(25)15(2)28-20(24)12-11-16-7-3-6-10-19(16)23(26)27/h3-12,14-15H,13H2,1-2H3/b12-11+/t14-,15-/m0/s1. The molecule has 0 saturated heterocycles. The molecule has 0 fully saturated rings. The van der Waals surface area contributed by atoms with E-state index in [4.69, 9.17) is 4.74 Å². The van der Waals surface area contributed by atoms with Crippen molar-refractivity contribution in [1.29, 1.82) is 0 Å². The van der Waals surface area contributed by atoms with Crippen LogP contribution in [0.4, 0.5) is 11.4 Å². The summed E-state index contributed by atoms with van der Waals surface area (Å²) in [7, 11) is 0. The van der Waals surface area contributed by atoms with E-state index in [0.717, 1.165) is 23.7 Å². The van der Waals surface area contributed by atoms with E-state index in [2.05, 4.69) is 0 Å². The lowest BCUT2D eigenvalue weighted by atomic mass is 10.1. The predicted molar refractivity (Wildman–Crippen MR) is 105 cm³/mol. The number of anilines is 1. The molecule has 0 unspecified atom stereocenters. The first-order valence-corrected chi connectivity index (χ1v) is 8.91. The third-order valence-electron chi connectivity index (χ3n) is 4.62. The summed E-state index contributed by atoms with van der Waals surface area (Å²) in [6.45, 7) is 3.47. The van der Waals surface area contributed by atoms with Crippen molar-refractivity contribution in [2.75, 3.05) is 4.90 Å². The van der Waals surface area contributed by atoms with Crippen LogP contribution in [-0.4, -0.2) is 28.9 Å². The van der Waals surface area contributed by atoms with Gasteiger partial charge in [0.1, 0.15) is 0 Å². The van der Waals surface area contributed by atoms with Gasteiger partial charge in [-0.3, -0.25) is 14.9 Å². The molecule has 0 aliphatic carbocycles. The second-order valence-corrected chi connectivity index (χ2v) is 6.62. The lowest BCUT2D eigenvalue weighted by Gasteiger charge is -2.25. The lowest BCUT2D eigenvalue weighted by Crippen LogP contribution is -2.43. The van der Waals surface area contributed by atoms with Gasteiger partial charge in [-0.1, -0.05) is 30.3 Å². The molecule has 0 bridgehead atoms. The van der Waals surface area contributed by atoms with Crippen LogP contribution in [0.2, 0.25) is 0 Å². The largest absolute Gasteiger partial charge is 0.449 e. The summed E-state index contributed by atoms with van der Waals surface area (Å²) in [5.41, 5.74) is 2.08. The quantitative estimate of drug-likeness (QED) is 0.343. The van der Waals surface area contributed by atoms with E-state index < -0.39 is 17.0 Å². The number of ether oxygens (including phenoxy) is 1. The number of nitro groups is 1. The molecule has 2 aromatic carbocycles. The zero-order valence-corrected chi connectivity index (χ0v) is 15.6. The number of carbonyl (C=O) groups is 2. The van der Waals surface area contributed by atoms with Crippen LogP contribution in [0.5, 0.6) is 0 Å². The molecule has 1 heterocycles. The van der Waals surface area contributed by atoms with Crippen LogP contribution in [-0.2, 0) is 20.7 Å². The van der Waals surface area contributed by atoms with E-state index in [9.17, 15) is 19.7 Å². The highest BCUT2D eigenvalue weighted by Gasteiger charge is 2.34. The summed E-state index contributed by atoms with van der Waals surface area (Å²) >= 11 is 0. The minimum atomic E-state index is -0.975. The van der Waals surface area contributed by atoms with E-state index in [0.29, 0.717) is 0 Å². The SMILES string of the molecule is C[C@H](OC(=O)/C=C/c1ccccc1[N+](=O)[O-])C(=O)N1c2ccccc2C[C@@H]1C. The fourth-order valence-electron chi connectivity index (χ4n) is 3.31. The van der Waals surface area contributed by atoms with Crippen molar-refractivity contribution in [3.8, 4) is 0 Å². The van der Waals surface area contributed by atoms with Gasteiger partial charge in [0.25, 0.3) is 11.6 Å². The summed E-state index contributed by atoms with van der Waals surface area (Å²) < 4.78 is 5.22. The van der Waals surface area contributed by atoms with E-state index in [1.165, 1.54) is 25.1 Å². The normalized spacial score (nSPS) is 16.6. The van der Waals surface area contributed by atoms with Gasteiger partial charge in [0, 0.05) is 23.9 Å². The van der Waals surface area contributed by atoms with Crippen LogP contribution in [0.3, 0.4) is 0 Å². The van der Waals surface area contributed by atoms with Gasteiger partial charge in [0.05, 0.1) is 10.5 Å². The maximum Gasteiger partial charge on any atom is 0.331 e. The molecule has 0 spiro atoms. The Morgan fingerprint density at radius 1 is 1.21 bits per heavy atom. The third-order valence-corrected chi connectivity index (χ3v) is 4.62. The summed E-state index contributed by atoms with van der Waals surface area (Å²) in [6, 6.07) is 13.7. The van der Waals surface area contributed by atoms with Crippen molar-refractivity contribution in [2.45, 2.75) is 32.4 Å². The Hall–Kier alpha value is -3.48. The fourth-order valence-corrected chi connectivity index (χ4v) is 3.31. The van der Waals surface area contributed by atoms with Crippen LogP contribution >= 0.6 is 0 Å². The Kier molecular flexibility index (Phi) is 5.54. The molecule has 0 saturated carbocycles. The number of carbonyl (C=O) groups excluding carboxylic acids is 2. The van der Waals surface area contributed by atoms with Gasteiger partial charge in [-0.05, 0) is 44.0 Å². The molecular weight excluding hydrogens is 360 g/mol. The van der Waals surface area contributed by atoms with Crippen LogP contribution in [0.25, 0.3) is 6.08 Å². The number of nitrogens with zero attached hydrogens (tertiary/aromatic N) is 2. The van der Waals surface area contributed by atoms with Gasteiger partial charge in [-0.15, -0.1) is 0 Å². The highest BCUT2D eigenvalue weighted by molar-refractivity contribution is 6.00. The molecule has 2 aromatic rings. The average molecular weight is 380 g/mol. The topological polar surface area (TPSA) is 89.7 Å². The van der Waals surface area contributed by atoms with Crippen LogP contribution in [0.1, 0.15) is 25.0 Å². The summed E-state index contributed by atoms with van der Waals surface area (Å²) in [5.74, 6) is -1.04. The van der Waals surface area contributed by atoms with E-state index >= 15 is 0 Å². The number of rotatable bonds is 5. The van der Waals surface area contributed by atoms with Crippen molar-refractivity contribution in [1.82, 2.24) is 0 Å². The maximum atomic E-state index is 12.8. The second kappa shape index (κ2) is 8.04. The number of benzene rings is 2. The second-order valence-electron chi connectivity index (χ2n) is 6.62. The first kappa shape index (κ1) is 19.3. The molecule has 0 radical (unpaired) electrons. The van der Waals surface area contributed by atoms with Gasteiger partial charge in [0.15, 0.2) is 6.10 Å². The molecule has 1 aliphatic heterocycles. The van der Waals surface area contributed by atoms with Crippen molar-refractivity contribution < 1.29 is 19.2 Å². The lowest BCUT2D eigenvalue weighted by molar-refractivity contribution is -0.385. The Balaban J connectivity index is 1.68. The summed E-state index contributed by atoms with van der Waals surface area (Å²) in [4.78, 5) is 37.1. The fraction of sp³-hybridized carbons (Fsp3) is 0.238. The number of hydrogen-bond donors (Lipinski definition) is 0. The zero-order valence-electron chi connectivity index (χ0n) is 15.6. The monoisotopic (exact) mass is 380 g/mol. The molecule has 3 rings (SSSR count). The molecule has 7 heteroatoms. The maximum absolute atomic E-state index is 12.8. The number of amides is 1. The molecule has 1 amide bonds. The molecule has 7 nitrogen and oxygen atoms in total. The molecule has 0 aromatic heterocycles. The number of para-hydroxylation sites is 2. The molecule has 144 valence electrons. The Labute approximate surface area is 162 Å². The molecular formula is C21H20N2O5. The van der Waals surface area contributed by atoms with Crippen LogP contribution in [0.15, 0.2) is 54.6 Å². The van der Waals surface area contributed by atoms with Crippen LogP contribution in [0, 0.1) is 10.1 Å². The smallest absolute Gasteiger partial charge is 0.331 e. The van der Waals surface area contributed by atoms with Gasteiger partial charge in [-0.25, -0.2) is 4.79 Å². The number of fused-ring (bicyclic) bond motifs is 1. The Bertz CT molecular complexity index is 953. The van der Waals surface area contributed by atoms with Gasteiger partial charge >= 0.3 is 5.97 Å². The molecule has 0 N–H and O–H groups in total. The minimum absolute atomic E-state index is 0.0198. The Morgan fingerprint density at radius 3 is 2.64 bits per heavy atom. The highest BCUT2D eigenvalue weighted by Crippen LogP contribution is 2.32. The van der Waals surface area contributed by atoms with Gasteiger partial charge < -0.3 is 9.64 Å². The van der Waals surface area contributed by atoms with Crippen LogP contribution < -0.4 is 4.90 Å². The number of esters is 1. The zero-order chi connectivity index (χ0) is 20.3. The van der Waals surface area contributed by atoms with Gasteiger partial charge in [-0.2, -0.15) is 0 Å². The van der Waals surface area contributed by atoms with Crippen molar-refractivity contribution in [2.24, 2.45) is 0 Å². The summed E-state index contributed by atoms with van der Waals surface area (Å²) in [6.07, 6.45) is 2.18. The number of nitro benzene ring substituents is 1. The van der Waals surface area contributed by atoms with Crippen molar-refractivity contribution in [3.63, 3.8) is 0 Å². The summed E-state index contributed by atoms with van der Waals surface area (Å²) in [5, 5.41) is 11.0. The predicted octanol–water partition coefficient (Wildman–Crippen LogP) is 3.52.